The molecule has 4 heteroatoms. The van der Waals surface area contributed by atoms with Crippen LogP contribution in [0.1, 0.15) is 23.6 Å². The maximum Gasteiger partial charge on any atom is 0.100 e. The van der Waals surface area contributed by atoms with Gasteiger partial charge in [-0.05, 0) is 55.3 Å². The number of fused-ring (bicyclic) bond motifs is 1. The van der Waals surface area contributed by atoms with Crippen LogP contribution in [0.15, 0.2) is 36.9 Å². The van der Waals surface area contributed by atoms with Gasteiger partial charge >= 0.3 is 0 Å². The highest BCUT2D eigenvalue weighted by atomic mass is 15.1. The van der Waals surface area contributed by atoms with Crippen molar-refractivity contribution < 1.29 is 0 Å². The standard InChI is InChI=1S/C17H20N4/c1-4-18-8-14-7-15(10-19-9-14)21-11-20-16-5-12(2)13(3)6-17(16)21/h5-7,9-11,18H,4,8H2,1-3H3. The fraction of sp³-hybridized carbons (Fsp3) is 0.294. The first-order chi connectivity index (χ1) is 10.2. The van der Waals surface area contributed by atoms with Crippen LogP contribution in [0.3, 0.4) is 0 Å². The molecular weight excluding hydrogens is 260 g/mol. The van der Waals surface area contributed by atoms with Crippen LogP contribution in [-0.2, 0) is 6.54 Å². The summed E-state index contributed by atoms with van der Waals surface area (Å²) in [5, 5.41) is 3.33. The molecule has 0 aliphatic heterocycles. The Kier molecular flexibility index (Phi) is 3.71. The van der Waals surface area contributed by atoms with E-state index in [-0.39, 0.29) is 0 Å². The number of imidazole rings is 1. The van der Waals surface area contributed by atoms with Gasteiger partial charge in [-0.25, -0.2) is 4.98 Å². The normalized spacial score (nSPS) is 11.2. The van der Waals surface area contributed by atoms with Crippen molar-refractivity contribution in [2.45, 2.75) is 27.3 Å². The van der Waals surface area contributed by atoms with E-state index in [0.717, 1.165) is 29.8 Å². The minimum atomic E-state index is 0.835. The molecule has 3 rings (SSSR count). The first-order valence-corrected chi connectivity index (χ1v) is 7.28. The molecule has 0 spiro atoms. The van der Waals surface area contributed by atoms with Gasteiger partial charge in [0.1, 0.15) is 6.33 Å². The summed E-state index contributed by atoms with van der Waals surface area (Å²) in [4.78, 5) is 8.86. The Morgan fingerprint density at radius 3 is 2.71 bits per heavy atom. The third-order valence-corrected chi connectivity index (χ3v) is 3.80. The number of aryl methyl sites for hydroxylation is 2. The van der Waals surface area contributed by atoms with Crippen molar-refractivity contribution in [3.63, 3.8) is 0 Å². The average Bonchev–Trinajstić information content (AvgIpc) is 2.89. The number of rotatable bonds is 4. The second kappa shape index (κ2) is 5.66. The molecule has 1 N–H and O–H groups in total. The van der Waals surface area contributed by atoms with Gasteiger partial charge < -0.3 is 5.32 Å². The van der Waals surface area contributed by atoms with Crippen molar-refractivity contribution in [1.29, 1.82) is 0 Å². The Bertz CT molecular complexity index is 774. The lowest BCUT2D eigenvalue weighted by atomic mass is 10.1. The van der Waals surface area contributed by atoms with Crippen LogP contribution < -0.4 is 5.32 Å². The highest BCUT2D eigenvalue weighted by Gasteiger charge is 2.07. The number of benzene rings is 1. The van der Waals surface area contributed by atoms with Crippen molar-refractivity contribution in [2.24, 2.45) is 0 Å². The number of hydrogen-bond donors (Lipinski definition) is 1. The lowest BCUT2D eigenvalue weighted by Crippen LogP contribution is -2.12. The SMILES string of the molecule is CCNCc1cncc(-n2cnc3cc(C)c(C)cc32)c1. The molecule has 108 valence electrons. The summed E-state index contributed by atoms with van der Waals surface area (Å²) < 4.78 is 2.10. The Morgan fingerprint density at radius 2 is 1.90 bits per heavy atom. The fourth-order valence-electron chi connectivity index (χ4n) is 2.44. The molecule has 0 saturated carbocycles. The molecule has 0 unspecified atom stereocenters. The van der Waals surface area contributed by atoms with Crippen LogP contribution in [0, 0.1) is 13.8 Å². The van der Waals surface area contributed by atoms with E-state index < -0.39 is 0 Å². The van der Waals surface area contributed by atoms with Gasteiger partial charge in [-0.15, -0.1) is 0 Å². The van der Waals surface area contributed by atoms with Crippen LogP contribution >= 0.6 is 0 Å². The predicted molar refractivity (Wildman–Crippen MR) is 85.7 cm³/mol. The highest BCUT2D eigenvalue weighted by molar-refractivity contribution is 5.79. The first kappa shape index (κ1) is 13.8. The number of aromatic nitrogens is 3. The second-order valence-electron chi connectivity index (χ2n) is 5.37. The van der Waals surface area contributed by atoms with Gasteiger partial charge in [0.25, 0.3) is 0 Å². The summed E-state index contributed by atoms with van der Waals surface area (Å²) in [6.07, 6.45) is 5.66. The number of nitrogens with zero attached hydrogens (tertiary/aromatic N) is 3. The van der Waals surface area contributed by atoms with Crippen LogP contribution in [-0.4, -0.2) is 21.1 Å². The molecule has 0 bridgehead atoms. The van der Waals surface area contributed by atoms with Crippen LogP contribution in [0.2, 0.25) is 0 Å². The van der Waals surface area contributed by atoms with Crippen molar-refractivity contribution in [1.82, 2.24) is 19.9 Å². The third kappa shape index (κ3) is 2.67. The van der Waals surface area contributed by atoms with Gasteiger partial charge in [0.05, 0.1) is 22.9 Å². The maximum atomic E-state index is 4.51. The average molecular weight is 280 g/mol. The molecule has 3 aromatic rings. The van der Waals surface area contributed by atoms with E-state index in [1.165, 1.54) is 16.7 Å². The Hall–Kier alpha value is -2.20. The molecule has 0 saturated heterocycles. The smallest absolute Gasteiger partial charge is 0.100 e. The summed E-state index contributed by atoms with van der Waals surface area (Å²) in [5.41, 5.74) is 6.93. The van der Waals surface area contributed by atoms with E-state index in [0.29, 0.717) is 0 Å². The van der Waals surface area contributed by atoms with Crippen molar-refractivity contribution >= 4 is 11.0 Å². The van der Waals surface area contributed by atoms with Crippen LogP contribution in [0.5, 0.6) is 0 Å². The van der Waals surface area contributed by atoms with Crippen molar-refractivity contribution in [2.75, 3.05) is 6.54 Å². The van der Waals surface area contributed by atoms with E-state index >= 15 is 0 Å². The zero-order valence-electron chi connectivity index (χ0n) is 12.7. The molecule has 21 heavy (non-hydrogen) atoms. The minimum absolute atomic E-state index is 0.835. The van der Waals surface area contributed by atoms with Gasteiger partial charge in [-0.1, -0.05) is 6.92 Å². The molecule has 0 radical (unpaired) electrons. The topological polar surface area (TPSA) is 42.7 Å². The lowest BCUT2D eigenvalue weighted by molar-refractivity contribution is 0.723. The van der Waals surface area contributed by atoms with Gasteiger partial charge in [0, 0.05) is 12.7 Å². The summed E-state index contributed by atoms with van der Waals surface area (Å²) in [6.45, 7) is 8.14. The first-order valence-electron chi connectivity index (χ1n) is 7.28. The molecule has 2 heterocycles. The highest BCUT2D eigenvalue weighted by Crippen LogP contribution is 2.21. The monoisotopic (exact) mass is 280 g/mol. The lowest BCUT2D eigenvalue weighted by Gasteiger charge is -2.08. The molecule has 1 aromatic carbocycles. The maximum absolute atomic E-state index is 4.51. The van der Waals surface area contributed by atoms with Crippen LogP contribution in [0.4, 0.5) is 0 Å². The predicted octanol–water partition coefficient (Wildman–Crippen LogP) is 3.15. The quantitative estimate of drug-likeness (QED) is 0.798. The Morgan fingerprint density at radius 1 is 1.10 bits per heavy atom. The fourth-order valence-corrected chi connectivity index (χ4v) is 2.44. The van der Waals surface area contributed by atoms with Crippen LogP contribution in [0.25, 0.3) is 16.7 Å². The van der Waals surface area contributed by atoms with E-state index in [1.807, 2.05) is 18.7 Å². The zero-order chi connectivity index (χ0) is 14.8. The van der Waals surface area contributed by atoms with Gasteiger partial charge in [-0.2, -0.15) is 0 Å². The Labute approximate surface area is 124 Å². The van der Waals surface area contributed by atoms with Gasteiger partial charge in [0.2, 0.25) is 0 Å². The van der Waals surface area contributed by atoms with E-state index in [9.17, 15) is 0 Å². The molecule has 2 aromatic heterocycles. The Balaban J connectivity index is 2.06. The summed E-state index contributed by atoms with van der Waals surface area (Å²) in [5.74, 6) is 0. The molecular formula is C17H20N4. The van der Waals surface area contributed by atoms with E-state index in [2.05, 4.69) is 58.8 Å². The third-order valence-electron chi connectivity index (χ3n) is 3.80. The van der Waals surface area contributed by atoms with Crippen molar-refractivity contribution in [3.05, 3.63) is 53.6 Å². The molecule has 0 amide bonds. The van der Waals surface area contributed by atoms with E-state index in [4.69, 9.17) is 0 Å². The molecule has 0 fully saturated rings. The zero-order valence-corrected chi connectivity index (χ0v) is 12.7. The molecule has 0 aliphatic rings. The molecule has 0 aliphatic carbocycles. The number of hydrogen-bond acceptors (Lipinski definition) is 3. The number of pyridine rings is 1. The summed E-state index contributed by atoms with van der Waals surface area (Å²) in [7, 11) is 0. The summed E-state index contributed by atoms with van der Waals surface area (Å²) in [6, 6.07) is 6.48. The van der Waals surface area contributed by atoms with Gasteiger partial charge in [-0.3, -0.25) is 9.55 Å². The molecule has 0 atom stereocenters. The number of nitrogens with one attached hydrogen (secondary N) is 1. The van der Waals surface area contributed by atoms with Crippen molar-refractivity contribution in [3.8, 4) is 5.69 Å². The largest absolute Gasteiger partial charge is 0.313 e. The minimum Gasteiger partial charge on any atom is -0.313 e. The van der Waals surface area contributed by atoms with E-state index in [1.54, 1.807) is 0 Å². The second-order valence-corrected chi connectivity index (χ2v) is 5.37. The summed E-state index contributed by atoms with van der Waals surface area (Å²) >= 11 is 0. The molecule has 4 nitrogen and oxygen atoms in total. The van der Waals surface area contributed by atoms with Gasteiger partial charge in [0.15, 0.2) is 0 Å².